The first kappa shape index (κ1) is 16.8. The van der Waals surface area contributed by atoms with Crippen molar-refractivity contribution >= 4 is 11.6 Å². The normalized spacial score (nSPS) is 30.0. The third-order valence-corrected chi connectivity index (χ3v) is 4.76. The van der Waals surface area contributed by atoms with E-state index in [2.05, 4.69) is 5.10 Å². The number of carbonyl (C=O) groups excluding carboxylic acids is 1. The van der Waals surface area contributed by atoms with Crippen LogP contribution in [0.1, 0.15) is 36.5 Å². The van der Waals surface area contributed by atoms with Crippen molar-refractivity contribution in [3.8, 4) is 5.75 Å². The van der Waals surface area contributed by atoms with Crippen LogP contribution in [-0.4, -0.2) is 38.7 Å². The van der Waals surface area contributed by atoms with Crippen molar-refractivity contribution < 1.29 is 28.2 Å². The summed E-state index contributed by atoms with van der Waals surface area (Å²) < 4.78 is 41.1. The first-order valence-electron chi connectivity index (χ1n) is 7.68. The van der Waals surface area contributed by atoms with Gasteiger partial charge >= 0.3 is 6.18 Å². The van der Waals surface area contributed by atoms with Gasteiger partial charge in [0.15, 0.2) is 0 Å². The highest BCUT2D eigenvalue weighted by Gasteiger charge is 2.69. The number of fused-ring (bicyclic) bond motifs is 1. The Kier molecular flexibility index (Phi) is 3.82. The first-order chi connectivity index (χ1) is 11.2. The van der Waals surface area contributed by atoms with Gasteiger partial charge in [0.05, 0.1) is 11.5 Å². The average molecular weight is 342 g/mol. The van der Waals surface area contributed by atoms with Gasteiger partial charge in [-0.3, -0.25) is 4.79 Å². The fourth-order valence-electron chi connectivity index (χ4n) is 3.47. The summed E-state index contributed by atoms with van der Waals surface area (Å²) in [4.78, 5) is 12.6. The van der Waals surface area contributed by atoms with Gasteiger partial charge < -0.3 is 10.2 Å². The Bertz CT molecular complexity index is 704. The number of carbonyl (C=O) groups is 1. The van der Waals surface area contributed by atoms with Crippen molar-refractivity contribution in [1.29, 1.82) is 0 Å². The Hall–Kier alpha value is -2.09. The number of para-hydroxylation sites is 1. The quantitative estimate of drug-likeness (QED) is 0.824. The monoisotopic (exact) mass is 342 g/mol. The predicted octanol–water partition coefficient (Wildman–Crippen LogP) is 2.89. The number of rotatable bonds is 1. The van der Waals surface area contributed by atoms with Crippen molar-refractivity contribution in [3.05, 3.63) is 29.8 Å². The smallest absolute Gasteiger partial charge is 0.439 e. The fraction of sp³-hybridized carbons (Fsp3) is 0.500. The molecular weight excluding hydrogens is 325 g/mol. The zero-order valence-corrected chi connectivity index (χ0v) is 12.9. The molecule has 1 saturated carbocycles. The van der Waals surface area contributed by atoms with Crippen LogP contribution < -0.4 is 0 Å². The molecule has 24 heavy (non-hydrogen) atoms. The molecule has 8 heteroatoms. The van der Waals surface area contributed by atoms with Crippen LogP contribution in [0.3, 0.4) is 0 Å². The summed E-state index contributed by atoms with van der Waals surface area (Å²) in [6, 6.07) is 5.25. The number of hydrogen-bond acceptors (Lipinski definition) is 4. The molecule has 3 atom stereocenters. The third kappa shape index (κ3) is 2.28. The van der Waals surface area contributed by atoms with Gasteiger partial charge in [0.2, 0.25) is 0 Å². The summed E-state index contributed by atoms with van der Waals surface area (Å²) >= 11 is 0. The number of aromatic hydroxyl groups is 1. The van der Waals surface area contributed by atoms with E-state index in [-0.39, 0.29) is 28.6 Å². The molecule has 1 heterocycles. The minimum Gasteiger partial charge on any atom is -0.507 e. The lowest BCUT2D eigenvalue weighted by Gasteiger charge is -2.39. The number of hydrazone groups is 1. The lowest BCUT2D eigenvalue weighted by molar-refractivity contribution is -0.312. The highest BCUT2D eigenvalue weighted by Crippen LogP contribution is 2.49. The van der Waals surface area contributed by atoms with Gasteiger partial charge in [-0.15, -0.1) is 0 Å². The highest BCUT2D eigenvalue weighted by atomic mass is 19.4. The van der Waals surface area contributed by atoms with Gasteiger partial charge in [0, 0.05) is 5.71 Å². The molecule has 0 bridgehead atoms. The molecule has 1 amide bonds. The summed E-state index contributed by atoms with van der Waals surface area (Å²) in [6.45, 7) is 1.73. The second-order valence-electron chi connectivity index (χ2n) is 6.27. The lowest BCUT2D eigenvalue weighted by Crippen LogP contribution is -2.61. The molecule has 1 fully saturated rings. The molecule has 0 spiro atoms. The van der Waals surface area contributed by atoms with E-state index in [9.17, 15) is 28.2 Å². The molecule has 1 aromatic rings. The van der Waals surface area contributed by atoms with Crippen molar-refractivity contribution in [1.82, 2.24) is 5.01 Å². The third-order valence-electron chi connectivity index (χ3n) is 4.76. The van der Waals surface area contributed by atoms with Gasteiger partial charge in [-0.1, -0.05) is 25.5 Å². The van der Waals surface area contributed by atoms with Crippen molar-refractivity contribution in [2.45, 2.75) is 38.1 Å². The van der Waals surface area contributed by atoms with Crippen LogP contribution in [0.4, 0.5) is 13.2 Å². The molecule has 1 aromatic carbocycles. The number of benzene rings is 1. The molecule has 2 N–H and O–H groups in total. The molecule has 0 aromatic heterocycles. The van der Waals surface area contributed by atoms with Crippen LogP contribution in [-0.2, 0) is 0 Å². The van der Waals surface area contributed by atoms with E-state index in [0.717, 1.165) is 0 Å². The number of aliphatic hydroxyl groups is 1. The Balaban J connectivity index is 2.10. The topological polar surface area (TPSA) is 73.1 Å². The Labute approximate surface area is 136 Å². The van der Waals surface area contributed by atoms with Crippen LogP contribution in [0.2, 0.25) is 0 Å². The van der Waals surface area contributed by atoms with E-state index < -0.39 is 29.5 Å². The molecule has 1 aliphatic carbocycles. The van der Waals surface area contributed by atoms with Crippen LogP contribution >= 0.6 is 0 Å². The maximum Gasteiger partial charge on any atom is 0.439 e. The average Bonchev–Trinajstić information content (AvgIpc) is 2.83. The summed E-state index contributed by atoms with van der Waals surface area (Å²) in [5.74, 6) is -3.17. The van der Waals surface area contributed by atoms with E-state index >= 15 is 0 Å². The van der Waals surface area contributed by atoms with E-state index in [4.69, 9.17) is 0 Å². The molecule has 3 rings (SSSR count). The number of amides is 1. The number of alkyl halides is 3. The van der Waals surface area contributed by atoms with E-state index in [1.54, 1.807) is 6.92 Å². The van der Waals surface area contributed by atoms with Gasteiger partial charge in [-0.05, 0) is 30.9 Å². The lowest BCUT2D eigenvalue weighted by atomic mass is 9.75. The largest absolute Gasteiger partial charge is 0.507 e. The second kappa shape index (κ2) is 5.47. The maximum atomic E-state index is 13.7. The Morgan fingerprint density at radius 1 is 1.33 bits per heavy atom. The van der Waals surface area contributed by atoms with E-state index in [1.807, 2.05) is 0 Å². The van der Waals surface area contributed by atoms with Gasteiger partial charge in [0.25, 0.3) is 11.6 Å². The molecule has 130 valence electrons. The Morgan fingerprint density at radius 2 is 2.00 bits per heavy atom. The van der Waals surface area contributed by atoms with Crippen LogP contribution in [0.5, 0.6) is 5.75 Å². The Morgan fingerprint density at radius 3 is 2.62 bits per heavy atom. The highest BCUT2D eigenvalue weighted by molar-refractivity contribution is 6.01. The van der Waals surface area contributed by atoms with Crippen LogP contribution in [0, 0.1) is 11.8 Å². The van der Waals surface area contributed by atoms with Crippen LogP contribution in [0.15, 0.2) is 29.4 Å². The summed E-state index contributed by atoms with van der Waals surface area (Å²) in [5.41, 5.74) is -3.54. The molecule has 0 radical (unpaired) electrons. The minimum atomic E-state index is -5.07. The molecular formula is C16H17F3N2O3. The van der Waals surface area contributed by atoms with E-state index in [0.29, 0.717) is 12.8 Å². The van der Waals surface area contributed by atoms with Gasteiger partial charge in [-0.25, -0.2) is 0 Å². The predicted molar refractivity (Wildman–Crippen MR) is 79.2 cm³/mol. The molecule has 1 aliphatic heterocycles. The minimum absolute atomic E-state index is 0.101. The summed E-state index contributed by atoms with van der Waals surface area (Å²) in [5, 5.41) is 24.2. The van der Waals surface area contributed by atoms with Crippen LogP contribution in [0.25, 0.3) is 0 Å². The van der Waals surface area contributed by atoms with Gasteiger partial charge in [-0.2, -0.15) is 23.3 Å². The SMILES string of the molecule is C[C@@H]1CCC[C@H]2C1=NN(C(=O)c1ccccc1O)[C@]2(O)C(F)(F)F. The molecule has 0 unspecified atom stereocenters. The maximum absolute atomic E-state index is 13.7. The second-order valence-corrected chi connectivity index (χ2v) is 6.27. The van der Waals surface area contributed by atoms with Crippen molar-refractivity contribution in [3.63, 3.8) is 0 Å². The molecule has 5 nitrogen and oxygen atoms in total. The molecule has 2 aliphatic rings. The molecule has 0 saturated heterocycles. The zero-order valence-electron chi connectivity index (χ0n) is 12.9. The van der Waals surface area contributed by atoms with E-state index in [1.165, 1.54) is 24.3 Å². The number of phenolic OH excluding ortho intramolecular Hbond substituents is 1. The fourth-order valence-corrected chi connectivity index (χ4v) is 3.47. The summed E-state index contributed by atoms with van der Waals surface area (Å²) in [6.07, 6.45) is -3.80. The summed E-state index contributed by atoms with van der Waals surface area (Å²) in [7, 11) is 0. The first-order valence-corrected chi connectivity index (χ1v) is 7.68. The number of halogens is 3. The van der Waals surface area contributed by atoms with Crippen molar-refractivity contribution in [2.24, 2.45) is 16.9 Å². The number of nitrogens with zero attached hydrogens (tertiary/aromatic N) is 2. The van der Waals surface area contributed by atoms with Gasteiger partial charge in [0.1, 0.15) is 5.75 Å². The zero-order chi connectivity index (χ0) is 17.7. The number of hydrogen-bond donors (Lipinski definition) is 2. The number of phenols is 1. The van der Waals surface area contributed by atoms with Crippen molar-refractivity contribution in [2.75, 3.05) is 0 Å². The standard InChI is InChI=1S/C16H17F3N2O3/c1-9-5-4-7-11-13(9)20-21(15(11,24)16(17,18)19)14(23)10-6-2-3-8-12(10)22/h2-3,6,8-9,11,22,24H,4-5,7H2,1H3/t9-,11+,15-/m1/s1.